The highest BCUT2D eigenvalue weighted by atomic mass is 32.2. The first-order valence-electron chi connectivity index (χ1n) is 10.3. The van der Waals surface area contributed by atoms with E-state index >= 15 is 0 Å². The summed E-state index contributed by atoms with van der Waals surface area (Å²) in [7, 11) is -3.83. The predicted molar refractivity (Wildman–Crippen MR) is 122 cm³/mol. The summed E-state index contributed by atoms with van der Waals surface area (Å²) in [5.74, 6) is 0.828. The molecule has 3 N–H and O–H groups in total. The van der Waals surface area contributed by atoms with Crippen LogP contribution in [0.2, 0.25) is 0 Å². The second-order valence-corrected chi connectivity index (χ2v) is 9.97. The largest absolute Gasteiger partial charge is 0.504 e. The van der Waals surface area contributed by atoms with Gasteiger partial charge in [-0.15, -0.1) is 11.3 Å². The highest BCUT2D eigenvalue weighted by Gasteiger charge is 2.29. The van der Waals surface area contributed by atoms with E-state index in [4.69, 9.17) is 9.05 Å². The summed E-state index contributed by atoms with van der Waals surface area (Å²) in [6, 6.07) is 3.41. The minimum Gasteiger partial charge on any atom is -0.504 e. The number of aromatic hydroxyl groups is 1. The van der Waals surface area contributed by atoms with Crippen LogP contribution in [-0.4, -0.2) is 51.2 Å². The molecule has 0 fully saturated rings. The topological polar surface area (TPSA) is 160 Å². The molecule has 14 heteroatoms. The maximum atomic E-state index is 12.9. The molecule has 0 saturated heterocycles. The molecule has 0 bridgehead atoms. The zero-order valence-corrected chi connectivity index (χ0v) is 19.8. The fourth-order valence-electron chi connectivity index (χ4n) is 3.27. The summed E-state index contributed by atoms with van der Waals surface area (Å²) in [4.78, 5) is 8.80. The Hall–Kier alpha value is -3.23. The monoisotopic (exact) mass is 493 g/mol. The van der Waals surface area contributed by atoms with Crippen LogP contribution in [0.1, 0.15) is 39.0 Å². The third kappa shape index (κ3) is 4.36. The predicted octanol–water partition coefficient (Wildman–Crippen LogP) is 3.71. The molecule has 0 aromatic carbocycles. The number of aromatic nitrogens is 4. The Morgan fingerprint density at radius 1 is 1.15 bits per heavy atom. The van der Waals surface area contributed by atoms with E-state index in [9.17, 15) is 13.5 Å². The third-order valence-electron chi connectivity index (χ3n) is 4.99. The first-order chi connectivity index (χ1) is 15.9. The molecule has 0 aliphatic rings. The van der Waals surface area contributed by atoms with E-state index in [1.54, 1.807) is 26.2 Å². The molecular weight excluding hydrogens is 470 g/mol. The van der Waals surface area contributed by atoms with Crippen molar-refractivity contribution in [3.63, 3.8) is 0 Å². The zero-order valence-electron chi connectivity index (χ0n) is 18.1. The van der Waals surface area contributed by atoms with Crippen LogP contribution in [0.3, 0.4) is 0 Å². The van der Waals surface area contributed by atoms with Gasteiger partial charge in [0.2, 0.25) is 11.3 Å². The Morgan fingerprint density at radius 2 is 1.85 bits per heavy atom. The van der Waals surface area contributed by atoms with Crippen molar-refractivity contribution in [2.45, 2.75) is 37.4 Å². The van der Waals surface area contributed by atoms with Gasteiger partial charge in [0.1, 0.15) is 5.76 Å². The number of hydrogen-bond donors (Lipinski definition) is 3. The molecule has 0 radical (unpaired) electrons. The first-order valence-corrected chi connectivity index (χ1v) is 12.6. The van der Waals surface area contributed by atoms with E-state index in [2.05, 4.69) is 30.9 Å². The van der Waals surface area contributed by atoms with Crippen LogP contribution >= 0.6 is 11.3 Å². The van der Waals surface area contributed by atoms with E-state index in [-0.39, 0.29) is 33.1 Å². The Kier molecular flexibility index (Phi) is 6.49. The molecule has 0 aliphatic carbocycles. The standard InChI is InChI=1S/C19H23N7O5S2/c1-4-11(13-8-7-9-30-13)20-15-16(23-18-17(22-15)24-31-25-18)21-12-10-32-19(14(12)27)33(28,29)26(5-2)6-3/h7-11,27H,4-6H2,1-3H3,(H,20,22,24)(H,21,23,25)/t11-/m1/s1. The molecule has 0 aliphatic heterocycles. The van der Waals surface area contributed by atoms with Crippen LogP contribution in [-0.2, 0) is 10.0 Å². The number of nitrogens with zero attached hydrogens (tertiary/aromatic N) is 5. The quantitative estimate of drug-likeness (QED) is 0.295. The van der Waals surface area contributed by atoms with Crippen LogP contribution in [0.15, 0.2) is 37.0 Å². The summed E-state index contributed by atoms with van der Waals surface area (Å²) in [6.07, 6.45) is 2.26. The highest BCUT2D eigenvalue weighted by Crippen LogP contribution is 2.41. The molecule has 33 heavy (non-hydrogen) atoms. The average Bonchev–Trinajstić information content (AvgIpc) is 3.55. The summed E-state index contributed by atoms with van der Waals surface area (Å²) < 4.78 is 37.1. The second-order valence-electron chi connectivity index (χ2n) is 6.95. The number of hydrogen-bond acceptors (Lipinski definition) is 12. The van der Waals surface area contributed by atoms with Crippen molar-refractivity contribution in [3.8, 4) is 5.75 Å². The van der Waals surface area contributed by atoms with Crippen molar-refractivity contribution >= 4 is 50.0 Å². The maximum Gasteiger partial charge on any atom is 0.256 e. The third-order valence-corrected chi connectivity index (χ3v) is 8.52. The number of rotatable bonds is 10. The molecule has 0 saturated carbocycles. The van der Waals surface area contributed by atoms with Crippen LogP contribution < -0.4 is 10.6 Å². The number of thiophene rings is 1. The molecule has 4 aromatic rings. The molecule has 4 heterocycles. The average molecular weight is 494 g/mol. The maximum absolute atomic E-state index is 12.9. The first kappa shape index (κ1) is 22.9. The lowest BCUT2D eigenvalue weighted by molar-refractivity contribution is 0.314. The fourth-order valence-corrected chi connectivity index (χ4v) is 6.10. The number of furan rings is 1. The minimum absolute atomic E-state index is 0.151. The number of nitrogens with one attached hydrogen (secondary N) is 2. The lowest BCUT2D eigenvalue weighted by Crippen LogP contribution is -2.30. The van der Waals surface area contributed by atoms with Crippen LogP contribution in [0.4, 0.5) is 17.3 Å². The zero-order chi connectivity index (χ0) is 23.6. The number of fused-ring (bicyclic) bond motifs is 1. The van der Waals surface area contributed by atoms with Gasteiger partial charge in [0.15, 0.2) is 21.6 Å². The van der Waals surface area contributed by atoms with Crippen LogP contribution in [0.5, 0.6) is 5.75 Å². The Labute approximate surface area is 193 Å². The van der Waals surface area contributed by atoms with Crippen molar-refractivity contribution in [1.82, 2.24) is 24.6 Å². The van der Waals surface area contributed by atoms with Gasteiger partial charge in [0.05, 0.1) is 18.0 Å². The molecule has 4 aromatic heterocycles. The molecule has 0 amide bonds. The van der Waals surface area contributed by atoms with E-state index in [0.717, 1.165) is 11.3 Å². The summed E-state index contributed by atoms with van der Waals surface area (Å²) in [6.45, 7) is 6.04. The number of anilines is 3. The van der Waals surface area contributed by atoms with Gasteiger partial charge in [-0.05, 0) is 28.9 Å². The Balaban J connectivity index is 1.71. The Morgan fingerprint density at radius 3 is 2.45 bits per heavy atom. The van der Waals surface area contributed by atoms with Gasteiger partial charge in [0.25, 0.3) is 10.0 Å². The molecule has 0 unspecified atom stereocenters. The van der Waals surface area contributed by atoms with Gasteiger partial charge in [-0.3, -0.25) is 0 Å². The SMILES string of the molecule is CC[C@@H](Nc1nc2nonc2nc1Nc1csc(S(=O)(=O)N(CC)CC)c1O)c1ccco1. The lowest BCUT2D eigenvalue weighted by atomic mass is 10.2. The highest BCUT2D eigenvalue weighted by molar-refractivity contribution is 7.91. The molecule has 4 rings (SSSR count). The van der Waals surface area contributed by atoms with Crippen molar-refractivity contribution in [1.29, 1.82) is 0 Å². The smallest absolute Gasteiger partial charge is 0.256 e. The van der Waals surface area contributed by atoms with Crippen LogP contribution in [0, 0.1) is 0 Å². The lowest BCUT2D eigenvalue weighted by Gasteiger charge is -2.18. The van der Waals surface area contributed by atoms with E-state index in [1.165, 1.54) is 9.69 Å². The molecule has 1 atom stereocenters. The van der Waals surface area contributed by atoms with Gasteiger partial charge < -0.3 is 20.2 Å². The number of sulfonamides is 1. The van der Waals surface area contributed by atoms with Gasteiger partial charge in [-0.1, -0.05) is 20.8 Å². The van der Waals surface area contributed by atoms with Crippen LogP contribution in [0.25, 0.3) is 11.3 Å². The second kappa shape index (κ2) is 9.33. The summed E-state index contributed by atoms with van der Waals surface area (Å²) in [5.41, 5.74) is 0.515. The molecule has 0 spiro atoms. The molecule has 12 nitrogen and oxygen atoms in total. The van der Waals surface area contributed by atoms with E-state index in [0.29, 0.717) is 31.1 Å². The van der Waals surface area contributed by atoms with Gasteiger partial charge in [-0.25, -0.2) is 23.0 Å². The van der Waals surface area contributed by atoms with Crippen molar-refractivity contribution in [3.05, 3.63) is 29.5 Å². The van der Waals surface area contributed by atoms with Crippen molar-refractivity contribution < 1.29 is 22.6 Å². The fraction of sp³-hybridized carbons (Fsp3) is 0.368. The van der Waals surface area contributed by atoms with Gasteiger partial charge in [-0.2, -0.15) is 4.31 Å². The van der Waals surface area contributed by atoms with Crippen molar-refractivity contribution in [2.75, 3.05) is 23.7 Å². The van der Waals surface area contributed by atoms with Crippen molar-refractivity contribution in [2.24, 2.45) is 0 Å². The Bertz CT molecular complexity index is 1330. The molecule has 176 valence electrons. The van der Waals surface area contributed by atoms with E-state index < -0.39 is 15.8 Å². The normalized spacial score (nSPS) is 13.0. The van der Waals surface area contributed by atoms with Gasteiger partial charge >= 0.3 is 0 Å². The summed E-state index contributed by atoms with van der Waals surface area (Å²) >= 11 is 0.917. The van der Waals surface area contributed by atoms with Gasteiger partial charge in [0, 0.05) is 18.5 Å². The summed E-state index contributed by atoms with van der Waals surface area (Å²) in [5, 5.41) is 25.9. The molecular formula is C19H23N7O5S2. The van der Waals surface area contributed by atoms with E-state index in [1.807, 2.05) is 13.0 Å². The minimum atomic E-state index is -3.83.